The van der Waals surface area contributed by atoms with Gasteiger partial charge in [0.1, 0.15) is 22.6 Å². The van der Waals surface area contributed by atoms with Crippen LogP contribution >= 0.6 is 11.3 Å². The lowest BCUT2D eigenvalue weighted by atomic mass is 10.0. The van der Waals surface area contributed by atoms with Crippen LogP contribution in [0.2, 0.25) is 0 Å². The van der Waals surface area contributed by atoms with Crippen LogP contribution in [0.4, 0.5) is 9.39 Å². The molecule has 0 fully saturated rings. The van der Waals surface area contributed by atoms with Crippen LogP contribution < -0.4 is 10.1 Å². The van der Waals surface area contributed by atoms with Gasteiger partial charge in [0.2, 0.25) is 5.91 Å². The largest absolute Gasteiger partial charge is 0.497 e. The lowest BCUT2D eigenvalue weighted by Gasteiger charge is -2.27. The molecule has 0 atom stereocenters. The van der Waals surface area contributed by atoms with Gasteiger partial charge in [-0.3, -0.25) is 9.69 Å². The van der Waals surface area contributed by atoms with E-state index in [2.05, 4.69) is 22.4 Å². The first-order chi connectivity index (χ1) is 16.0. The van der Waals surface area contributed by atoms with Crippen molar-refractivity contribution >= 4 is 22.2 Å². The topological polar surface area (TPSA) is 89.1 Å². The number of rotatable bonds is 6. The minimum Gasteiger partial charge on any atom is -0.497 e. The summed E-state index contributed by atoms with van der Waals surface area (Å²) in [7, 11) is 1.51. The smallest absolute Gasteiger partial charge is 0.229 e. The molecule has 1 N–H and O–H groups in total. The van der Waals surface area contributed by atoms with Crippen LogP contribution in [0.3, 0.4) is 0 Å². The number of nitriles is 2. The van der Waals surface area contributed by atoms with Gasteiger partial charge >= 0.3 is 0 Å². The highest BCUT2D eigenvalue weighted by molar-refractivity contribution is 7.16. The predicted molar refractivity (Wildman–Crippen MR) is 123 cm³/mol. The summed E-state index contributed by atoms with van der Waals surface area (Å²) in [6.45, 7) is 1.96. The molecule has 166 valence electrons. The molecule has 1 aliphatic heterocycles. The van der Waals surface area contributed by atoms with E-state index in [-0.39, 0.29) is 18.1 Å². The Morgan fingerprint density at radius 2 is 2.06 bits per heavy atom. The summed E-state index contributed by atoms with van der Waals surface area (Å²) in [5.41, 5.74) is 3.37. The molecule has 33 heavy (non-hydrogen) atoms. The normalized spacial score (nSPS) is 13.0. The maximum absolute atomic E-state index is 13.5. The zero-order chi connectivity index (χ0) is 23.4. The van der Waals surface area contributed by atoms with Crippen molar-refractivity contribution in [1.29, 1.82) is 10.5 Å². The highest BCUT2D eigenvalue weighted by Crippen LogP contribution is 2.37. The molecule has 0 saturated heterocycles. The van der Waals surface area contributed by atoms with Gasteiger partial charge in [-0.25, -0.2) is 4.39 Å². The van der Waals surface area contributed by atoms with Crippen molar-refractivity contribution in [2.24, 2.45) is 0 Å². The third-order valence-corrected chi connectivity index (χ3v) is 6.69. The quantitative estimate of drug-likeness (QED) is 0.590. The second-order valence-electron chi connectivity index (χ2n) is 7.82. The molecule has 0 saturated carbocycles. The van der Waals surface area contributed by atoms with E-state index in [1.807, 2.05) is 6.07 Å². The minimum atomic E-state index is -0.265. The molecule has 6 nitrogen and oxygen atoms in total. The van der Waals surface area contributed by atoms with Crippen molar-refractivity contribution < 1.29 is 13.9 Å². The first kappa shape index (κ1) is 22.5. The van der Waals surface area contributed by atoms with Gasteiger partial charge in [-0.2, -0.15) is 10.5 Å². The summed E-state index contributed by atoms with van der Waals surface area (Å²) in [5.74, 6) is -0.0141. The van der Waals surface area contributed by atoms with Gasteiger partial charge in [-0.1, -0.05) is 12.1 Å². The number of hydrogen-bond acceptors (Lipinski definition) is 6. The summed E-state index contributed by atoms with van der Waals surface area (Å²) in [6.07, 6.45) is 0.826. The Labute approximate surface area is 195 Å². The number of amides is 1. The summed E-state index contributed by atoms with van der Waals surface area (Å²) in [4.78, 5) is 16.0. The molecule has 8 heteroatoms. The van der Waals surface area contributed by atoms with E-state index in [9.17, 15) is 19.7 Å². The second kappa shape index (κ2) is 9.83. The number of halogens is 1. The zero-order valence-electron chi connectivity index (χ0n) is 18.0. The van der Waals surface area contributed by atoms with Crippen molar-refractivity contribution in [1.82, 2.24) is 4.90 Å². The number of carbonyl (C=O) groups excluding carboxylic acids is 1. The molecule has 0 spiro atoms. The van der Waals surface area contributed by atoms with Crippen LogP contribution in [-0.4, -0.2) is 24.5 Å². The van der Waals surface area contributed by atoms with Gasteiger partial charge in [0.25, 0.3) is 0 Å². The number of nitrogens with zero attached hydrogens (tertiary/aromatic N) is 3. The van der Waals surface area contributed by atoms with E-state index in [4.69, 9.17) is 4.74 Å². The molecule has 2 heterocycles. The first-order valence-corrected chi connectivity index (χ1v) is 11.2. The number of nitrogens with one attached hydrogen (secondary N) is 1. The number of carbonyl (C=O) groups is 1. The number of fused-ring (bicyclic) bond motifs is 1. The minimum absolute atomic E-state index is 0.0605. The molecular weight excluding hydrogens is 439 g/mol. The number of ether oxygens (including phenoxy) is 1. The van der Waals surface area contributed by atoms with Crippen LogP contribution in [0.15, 0.2) is 42.5 Å². The van der Waals surface area contributed by atoms with E-state index in [1.54, 1.807) is 24.3 Å². The number of thiophene rings is 1. The highest BCUT2D eigenvalue weighted by atomic mass is 32.1. The van der Waals surface area contributed by atoms with Gasteiger partial charge in [0, 0.05) is 30.1 Å². The molecule has 2 aromatic carbocycles. The van der Waals surface area contributed by atoms with Gasteiger partial charge in [-0.05, 0) is 47.9 Å². The summed E-state index contributed by atoms with van der Waals surface area (Å²) in [5, 5.41) is 22.4. The molecule has 0 aliphatic carbocycles. The number of hydrogen-bond donors (Lipinski definition) is 1. The van der Waals surface area contributed by atoms with Crippen LogP contribution in [0.1, 0.15) is 32.7 Å². The van der Waals surface area contributed by atoms with Crippen LogP contribution in [0.5, 0.6) is 5.75 Å². The van der Waals surface area contributed by atoms with Gasteiger partial charge < -0.3 is 10.1 Å². The lowest BCUT2D eigenvalue weighted by Crippen LogP contribution is -2.29. The number of methoxy groups -OCH3 is 1. The number of benzene rings is 2. The highest BCUT2D eigenvalue weighted by Gasteiger charge is 2.25. The monoisotopic (exact) mass is 460 g/mol. The van der Waals surface area contributed by atoms with E-state index < -0.39 is 0 Å². The maximum Gasteiger partial charge on any atom is 0.229 e. The molecule has 4 rings (SSSR count). The fourth-order valence-electron chi connectivity index (χ4n) is 3.98. The van der Waals surface area contributed by atoms with Gasteiger partial charge in [0.05, 0.1) is 30.7 Å². The first-order valence-electron chi connectivity index (χ1n) is 10.4. The molecule has 1 amide bonds. The Morgan fingerprint density at radius 3 is 2.79 bits per heavy atom. The van der Waals surface area contributed by atoms with E-state index in [1.165, 1.54) is 30.6 Å². The van der Waals surface area contributed by atoms with Crippen molar-refractivity contribution in [3.63, 3.8) is 0 Å². The lowest BCUT2D eigenvalue weighted by molar-refractivity contribution is -0.115. The van der Waals surface area contributed by atoms with Crippen LogP contribution in [0, 0.1) is 28.5 Å². The molecule has 0 radical (unpaired) electrons. The van der Waals surface area contributed by atoms with Crippen molar-refractivity contribution in [3.8, 4) is 17.9 Å². The molecule has 1 aromatic heterocycles. The summed E-state index contributed by atoms with van der Waals surface area (Å²) < 4.78 is 18.7. The van der Waals surface area contributed by atoms with E-state index in [0.717, 1.165) is 29.0 Å². The van der Waals surface area contributed by atoms with E-state index in [0.29, 0.717) is 40.5 Å². The third-order valence-electron chi connectivity index (χ3n) is 5.48. The average molecular weight is 461 g/mol. The standard InChI is InChI=1S/C25H21FN4O2S/c1-32-20-9-17(7-18(10-20)12-27)11-24(31)29-25-21(13-28)22-15-30(6-5-23(22)33-25)14-16-3-2-4-19(26)8-16/h2-4,7-10H,5-6,11,14-15H2,1H3,(H,29,31). The fourth-order valence-corrected chi connectivity index (χ4v) is 5.15. The van der Waals surface area contributed by atoms with Crippen LogP contribution in [0.25, 0.3) is 0 Å². The van der Waals surface area contributed by atoms with E-state index >= 15 is 0 Å². The zero-order valence-corrected chi connectivity index (χ0v) is 18.8. The second-order valence-corrected chi connectivity index (χ2v) is 8.92. The third kappa shape index (κ3) is 5.20. The maximum atomic E-state index is 13.5. The predicted octanol–water partition coefficient (Wildman–Crippen LogP) is 4.38. The Hall–Kier alpha value is -3.72. The molecule has 0 unspecified atom stereocenters. The van der Waals surface area contributed by atoms with Crippen LogP contribution in [-0.2, 0) is 30.7 Å². The SMILES string of the molecule is COc1cc(C#N)cc(CC(=O)Nc2sc3c(c2C#N)CN(Cc2cccc(F)c2)CC3)c1. The Morgan fingerprint density at radius 1 is 1.21 bits per heavy atom. The molecule has 0 bridgehead atoms. The van der Waals surface area contributed by atoms with Gasteiger partial charge in [0.15, 0.2) is 0 Å². The Bertz CT molecular complexity index is 1290. The Balaban J connectivity index is 1.48. The average Bonchev–Trinajstić information content (AvgIpc) is 3.14. The van der Waals surface area contributed by atoms with Crippen molar-refractivity contribution in [3.05, 3.63) is 81.0 Å². The molecule has 3 aromatic rings. The van der Waals surface area contributed by atoms with Crippen molar-refractivity contribution in [2.75, 3.05) is 19.0 Å². The summed E-state index contributed by atoms with van der Waals surface area (Å²) >= 11 is 1.43. The van der Waals surface area contributed by atoms with Crippen molar-refractivity contribution in [2.45, 2.75) is 25.9 Å². The molecular formula is C25H21FN4O2S. The molecule has 1 aliphatic rings. The Kier molecular flexibility index (Phi) is 6.69. The summed E-state index contributed by atoms with van der Waals surface area (Å²) in [6, 6.07) is 15.8. The fraction of sp³-hybridized carbons (Fsp3) is 0.240. The number of anilines is 1. The van der Waals surface area contributed by atoms with Gasteiger partial charge in [-0.15, -0.1) is 11.3 Å².